The largest absolute Gasteiger partial charge is 0.444 e. The Bertz CT molecular complexity index is 4000. The third-order valence-electron chi connectivity index (χ3n) is 16.6. The Kier molecular flexibility index (Phi) is 18.3. The molecule has 2 amide bonds. The summed E-state index contributed by atoms with van der Waals surface area (Å²) in [6.07, 6.45) is 24.9. The lowest BCUT2D eigenvalue weighted by molar-refractivity contribution is 0.0191. The zero-order chi connectivity index (χ0) is 63.4. The molecule has 0 spiro atoms. The molecule has 12 heterocycles. The van der Waals surface area contributed by atoms with E-state index in [1.807, 2.05) is 58.6 Å². The van der Waals surface area contributed by atoms with Crippen molar-refractivity contribution in [3.8, 4) is 34.6 Å². The molecule has 25 heteroatoms. The van der Waals surface area contributed by atoms with Crippen LogP contribution < -0.4 is 20.4 Å². The van der Waals surface area contributed by atoms with E-state index in [0.29, 0.717) is 95.5 Å². The Morgan fingerprint density at radius 3 is 1.44 bits per heavy atom. The number of aromatic nitrogens is 12. The van der Waals surface area contributed by atoms with Gasteiger partial charge in [-0.25, -0.2) is 67.6 Å². The smallest absolute Gasteiger partial charge is 0.410 e. The number of nitrogens with zero attached hydrogens (tertiary/aromatic N) is 16. The lowest BCUT2D eigenvalue weighted by atomic mass is 10.0. The minimum absolute atomic E-state index is 0.0497. The molecule has 0 unspecified atom stereocenters. The fraction of sp³-hybridized carbons (Fsp3) is 0.470. The highest BCUT2D eigenvalue weighted by Gasteiger charge is 2.36. The number of nitrogens with one attached hydrogen (secondary N) is 2. The molecule has 2 aliphatic carbocycles. The molecule has 2 saturated carbocycles. The van der Waals surface area contributed by atoms with Gasteiger partial charge in [0.1, 0.15) is 80.1 Å². The minimum atomic E-state index is -0.521. The van der Waals surface area contributed by atoms with E-state index < -0.39 is 11.2 Å². The van der Waals surface area contributed by atoms with Crippen molar-refractivity contribution in [1.29, 1.82) is 0 Å². The molecule has 478 valence electrons. The fourth-order valence-electron chi connectivity index (χ4n) is 11.8. The van der Waals surface area contributed by atoms with Gasteiger partial charge < -0.3 is 39.7 Å². The van der Waals surface area contributed by atoms with Gasteiger partial charge in [-0.3, -0.25) is 13.2 Å². The summed E-state index contributed by atoms with van der Waals surface area (Å²) in [4.78, 5) is 74.0. The van der Waals surface area contributed by atoms with Crippen molar-refractivity contribution in [2.45, 2.75) is 135 Å². The molecule has 0 radical (unpaired) electrons. The van der Waals surface area contributed by atoms with Gasteiger partial charge in [0, 0.05) is 101 Å². The molecule has 5 aliphatic rings. The average Bonchev–Trinajstić information content (AvgIpc) is 2.28. The van der Waals surface area contributed by atoms with Crippen LogP contribution in [-0.4, -0.2) is 162 Å². The van der Waals surface area contributed by atoms with Crippen LogP contribution in [0.15, 0.2) is 110 Å². The van der Waals surface area contributed by atoms with Crippen molar-refractivity contribution in [3.63, 3.8) is 0 Å². The summed E-state index contributed by atoms with van der Waals surface area (Å²) in [5, 5.41) is 6.90. The van der Waals surface area contributed by atoms with E-state index in [2.05, 4.69) is 55.3 Å². The van der Waals surface area contributed by atoms with Gasteiger partial charge in [-0.15, -0.1) is 0 Å². The van der Waals surface area contributed by atoms with Gasteiger partial charge in [0.25, 0.3) is 0 Å². The van der Waals surface area contributed by atoms with Crippen LogP contribution in [0, 0.1) is 29.3 Å². The molecule has 91 heavy (non-hydrogen) atoms. The van der Waals surface area contributed by atoms with Gasteiger partial charge in [0.15, 0.2) is 17.5 Å². The van der Waals surface area contributed by atoms with Gasteiger partial charge in [-0.1, -0.05) is 0 Å². The molecule has 3 atom stereocenters. The summed E-state index contributed by atoms with van der Waals surface area (Å²) in [6, 6.07) is 15.4. The van der Waals surface area contributed by atoms with Crippen molar-refractivity contribution in [2.24, 2.45) is 11.8 Å². The summed E-state index contributed by atoms with van der Waals surface area (Å²) >= 11 is 0. The van der Waals surface area contributed by atoms with E-state index in [9.17, 15) is 22.8 Å². The Morgan fingerprint density at radius 2 is 0.978 bits per heavy atom. The van der Waals surface area contributed by atoms with Crippen LogP contribution in [0.2, 0.25) is 0 Å². The van der Waals surface area contributed by atoms with Crippen LogP contribution in [0.5, 0.6) is 0 Å². The Balaban J connectivity index is 0.000000133. The number of anilines is 3. The highest BCUT2D eigenvalue weighted by molar-refractivity contribution is 5.69. The maximum atomic E-state index is 13.9. The molecule has 3 saturated heterocycles. The summed E-state index contributed by atoms with van der Waals surface area (Å²) < 4.78 is 57.4. The number of carbonyl (C=O) groups excluding carboxylic acids is 2. The topological polar surface area (TPSA) is 219 Å². The second-order valence-corrected chi connectivity index (χ2v) is 26.2. The summed E-state index contributed by atoms with van der Waals surface area (Å²) in [5.41, 5.74) is 2.86. The number of rotatable bonds is 13. The average molecular weight is 1250 g/mol. The zero-order valence-electron chi connectivity index (χ0n) is 52.4. The number of fused-ring (bicyclic) bond motifs is 3. The standard InChI is InChI=1S/C25H31FN6O2.C21H25FN6O2.C20H23FN6/c1-25(2,3)34-24(33)30-12-4-5-19(16-30)31(14-17-6-7-17)22-10-11-27-23(29-22)20-13-28-21-9-8-18(26)15-32(20)21;1-21(2,3)30-20(29)27-10-4-5-15(13-27)25-17-8-9-23-19(26-17)16-11-24-18-7-6-14(22)12-28(16)18;21-15-5-6-18-24-11-17(27(18)13-15)20-23-9-7-19(25-20)26(12-14-3-4-14)16-2-1-8-22-10-16/h8-11,13,15,17,19H,4-7,12,14,16H2,1-3H3;6-9,11-12,15H,4-5,10,13H2,1-3H3,(H,23,25,26);5-7,9,11,13-14,16,22H,1-4,8,10,12H2/t19-;15-;16-/m111/s1. The number of pyridine rings is 3. The molecule has 2 N–H and O–H groups in total. The third kappa shape index (κ3) is 15.8. The van der Waals surface area contributed by atoms with E-state index in [4.69, 9.17) is 19.4 Å². The van der Waals surface area contributed by atoms with E-state index in [0.717, 1.165) is 69.4 Å². The molecule has 14 rings (SSSR count). The number of carbonyl (C=O) groups is 2. The van der Waals surface area contributed by atoms with Crippen LogP contribution in [0.1, 0.15) is 106 Å². The molecule has 0 bridgehead atoms. The number of imidazole rings is 3. The second kappa shape index (κ2) is 26.8. The van der Waals surface area contributed by atoms with Crippen LogP contribution in [-0.2, 0) is 9.47 Å². The fourth-order valence-corrected chi connectivity index (χ4v) is 11.8. The van der Waals surface area contributed by atoms with Gasteiger partial charge in [-0.05, 0) is 179 Å². The molecular weight excluding hydrogens is 1170 g/mol. The maximum absolute atomic E-state index is 13.9. The predicted molar refractivity (Wildman–Crippen MR) is 340 cm³/mol. The van der Waals surface area contributed by atoms with E-state index in [-0.39, 0.29) is 41.7 Å². The second-order valence-electron chi connectivity index (χ2n) is 26.2. The van der Waals surface area contributed by atoms with Crippen molar-refractivity contribution in [3.05, 3.63) is 128 Å². The van der Waals surface area contributed by atoms with Crippen molar-refractivity contribution >= 4 is 46.6 Å². The van der Waals surface area contributed by atoms with Crippen LogP contribution >= 0.6 is 0 Å². The molecule has 3 aliphatic heterocycles. The predicted octanol–water partition coefficient (Wildman–Crippen LogP) is 11.2. The SMILES string of the molecule is CC(C)(C)OC(=O)N1CCC[C@@H](N(CC2CC2)c2ccnc(-c3cnc4ccc(F)cn34)n2)C1.CC(C)(C)OC(=O)N1CCC[C@@H](Nc2ccnc(-c3cnc4ccc(F)cn34)n2)C1.Fc1ccc2ncc(-c3nccc(N(CC4CC4)[C@@H]4CCCNC4)n3)n2c1. The Hall–Kier alpha value is -9.00. The van der Waals surface area contributed by atoms with Crippen molar-refractivity contribution < 1.29 is 32.2 Å². The molecule has 0 aromatic carbocycles. The highest BCUT2D eigenvalue weighted by Crippen LogP contribution is 2.36. The first-order chi connectivity index (χ1) is 43.8. The zero-order valence-corrected chi connectivity index (χ0v) is 52.4. The Labute approximate surface area is 526 Å². The highest BCUT2D eigenvalue weighted by atomic mass is 19.1. The lowest BCUT2D eigenvalue weighted by Crippen LogP contribution is -2.51. The number of likely N-dealkylation sites (tertiary alicyclic amines) is 2. The van der Waals surface area contributed by atoms with Crippen LogP contribution in [0.4, 0.5) is 40.2 Å². The molecule has 9 aromatic heterocycles. The number of hydrogen-bond donors (Lipinski definition) is 2. The number of ether oxygens (including phenoxy) is 2. The van der Waals surface area contributed by atoms with Gasteiger partial charge >= 0.3 is 12.2 Å². The van der Waals surface area contributed by atoms with Crippen molar-refractivity contribution in [1.82, 2.24) is 73.2 Å². The molecule has 5 fully saturated rings. The maximum Gasteiger partial charge on any atom is 0.410 e. The number of piperidine rings is 3. The first kappa shape index (κ1) is 62.2. The van der Waals surface area contributed by atoms with Gasteiger partial charge in [-0.2, -0.15) is 0 Å². The number of halogens is 3. The number of hydrogen-bond acceptors (Lipinski definition) is 17. The molecular formula is C66H79F3N18O4. The van der Waals surface area contributed by atoms with Gasteiger partial charge in [0.2, 0.25) is 0 Å². The monoisotopic (exact) mass is 1240 g/mol. The van der Waals surface area contributed by atoms with Crippen LogP contribution in [0.3, 0.4) is 0 Å². The minimum Gasteiger partial charge on any atom is -0.444 e. The van der Waals surface area contributed by atoms with Crippen molar-refractivity contribution in [2.75, 3.05) is 67.5 Å². The molecule has 22 nitrogen and oxygen atoms in total. The van der Waals surface area contributed by atoms with E-state index >= 15 is 0 Å². The first-order valence-electron chi connectivity index (χ1n) is 31.7. The first-order valence-corrected chi connectivity index (χ1v) is 31.7. The van der Waals surface area contributed by atoms with Crippen LogP contribution in [0.25, 0.3) is 51.5 Å². The molecule has 9 aromatic rings. The number of amides is 2. The Morgan fingerprint density at radius 1 is 0.538 bits per heavy atom. The van der Waals surface area contributed by atoms with Gasteiger partial charge in [0.05, 0.1) is 18.6 Å². The summed E-state index contributed by atoms with van der Waals surface area (Å²) in [5.74, 6) is 4.33. The third-order valence-corrected chi connectivity index (χ3v) is 16.6. The van der Waals surface area contributed by atoms with E-state index in [1.54, 1.807) is 79.5 Å². The normalized spacial score (nSPS) is 18.7. The summed E-state index contributed by atoms with van der Waals surface area (Å²) in [6.45, 7) is 17.8. The lowest BCUT2D eigenvalue weighted by Gasteiger charge is -2.40. The quantitative estimate of drug-likeness (QED) is 0.110. The van der Waals surface area contributed by atoms with E-state index in [1.165, 1.54) is 75.3 Å². The summed E-state index contributed by atoms with van der Waals surface area (Å²) in [7, 11) is 0.